The number of carbonyl (C=O) groups excluding carboxylic acids is 2. The standard InChI is InChI=1S/C23H24N4O2/c1-15-9-10-18(16(2)13-15)25-22(29)12-11-21(28)17(14-24)23-26(3)19-7-5-6-8-20(19)27(23)4/h5-10,13H,11-12H2,1-4H3,(H,25,29). The topological polar surface area (TPSA) is 76.4 Å². The summed E-state index contributed by atoms with van der Waals surface area (Å²) in [7, 11) is 3.66. The third kappa shape index (κ3) is 3.99. The number of aryl methyl sites for hydroxylation is 2. The Hall–Kier alpha value is -3.59. The van der Waals surface area contributed by atoms with Gasteiger partial charge in [0, 0.05) is 32.6 Å². The van der Waals surface area contributed by atoms with E-state index in [1.54, 1.807) is 0 Å². The number of carbonyl (C=O) groups is 2. The largest absolute Gasteiger partial charge is 0.328 e. The van der Waals surface area contributed by atoms with Gasteiger partial charge in [-0.1, -0.05) is 29.8 Å². The van der Waals surface area contributed by atoms with Crippen LogP contribution in [0.3, 0.4) is 0 Å². The molecule has 0 saturated carbocycles. The Bertz CT molecular complexity index is 1020. The van der Waals surface area contributed by atoms with Gasteiger partial charge in [0.2, 0.25) is 5.91 Å². The van der Waals surface area contributed by atoms with Gasteiger partial charge in [-0.2, -0.15) is 5.26 Å². The lowest BCUT2D eigenvalue weighted by Gasteiger charge is -2.19. The number of nitriles is 1. The third-order valence-electron chi connectivity index (χ3n) is 5.09. The van der Waals surface area contributed by atoms with Gasteiger partial charge in [0.1, 0.15) is 17.5 Å². The predicted molar refractivity (Wildman–Crippen MR) is 115 cm³/mol. The van der Waals surface area contributed by atoms with E-state index >= 15 is 0 Å². The van der Waals surface area contributed by atoms with Crippen LogP contribution >= 0.6 is 0 Å². The molecule has 0 radical (unpaired) electrons. The summed E-state index contributed by atoms with van der Waals surface area (Å²) in [5.41, 5.74) is 4.74. The fourth-order valence-corrected chi connectivity index (χ4v) is 3.58. The second-order valence-electron chi connectivity index (χ2n) is 7.21. The average molecular weight is 388 g/mol. The first kappa shape index (κ1) is 20.2. The van der Waals surface area contributed by atoms with Crippen LogP contribution in [0.5, 0.6) is 0 Å². The third-order valence-corrected chi connectivity index (χ3v) is 5.09. The van der Waals surface area contributed by atoms with Crippen LogP contribution in [0.4, 0.5) is 17.1 Å². The van der Waals surface area contributed by atoms with E-state index in [1.165, 1.54) is 0 Å². The Kier molecular flexibility index (Phi) is 5.69. The molecule has 0 atom stereocenters. The Labute approximate surface area is 171 Å². The minimum atomic E-state index is -0.343. The summed E-state index contributed by atoms with van der Waals surface area (Å²) >= 11 is 0. The molecule has 1 amide bonds. The monoisotopic (exact) mass is 388 g/mol. The minimum Gasteiger partial charge on any atom is -0.328 e. The van der Waals surface area contributed by atoms with Crippen LogP contribution in [0, 0.1) is 25.2 Å². The lowest BCUT2D eigenvalue weighted by atomic mass is 10.1. The highest BCUT2D eigenvalue weighted by Gasteiger charge is 2.31. The van der Waals surface area contributed by atoms with Crippen LogP contribution in [-0.2, 0) is 9.59 Å². The highest BCUT2D eigenvalue weighted by atomic mass is 16.2. The summed E-state index contributed by atoms with van der Waals surface area (Å²) in [4.78, 5) is 28.7. The summed E-state index contributed by atoms with van der Waals surface area (Å²) in [6.45, 7) is 3.92. The van der Waals surface area contributed by atoms with Crippen LogP contribution in [0.25, 0.3) is 0 Å². The van der Waals surface area contributed by atoms with Crippen molar-refractivity contribution in [2.24, 2.45) is 0 Å². The highest BCUT2D eigenvalue weighted by molar-refractivity contribution is 6.04. The summed E-state index contributed by atoms with van der Waals surface area (Å²) < 4.78 is 0. The van der Waals surface area contributed by atoms with E-state index in [2.05, 4.69) is 5.32 Å². The summed E-state index contributed by atoms with van der Waals surface area (Å²) in [5.74, 6) is -0.0534. The van der Waals surface area contributed by atoms with Gasteiger partial charge in [-0.05, 0) is 37.6 Å². The van der Waals surface area contributed by atoms with E-state index in [4.69, 9.17) is 0 Å². The molecule has 6 nitrogen and oxygen atoms in total. The van der Waals surface area contributed by atoms with Crippen LogP contribution in [0.15, 0.2) is 53.9 Å². The fourth-order valence-electron chi connectivity index (χ4n) is 3.58. The number of anilines is 3. The van der Waals surface area contributed by atoms with Gasteiger partial charge in [-0.15, -0.1) is 0 Å². The SMILES string of the molecule is Cc1ccc(NC(=O)CCC(=O)C(C#N)=C2N(C)c3ccccc3N2C)c(C)c1. The molecule has 0 aromatic heterocycles. The molecule has 2 aromatic carbocycles. The molecule has 0 unspecified atom stereocenters. The van der Waals surface area contributed by atoms with E-state index in [-0.39, 0.29) is 30.1 Å². The van der Waals surface area contributed by atoms with Crippen molar-refractivity contribution in [1.29, 1.82) is 5.26 Å². The van der Waals surface area contributed by atoms with Crippen LogP contribution in [0.2, 0.25) is 0 Å². The number of hydrogen-bond donors (Lipinski definition) is 1. The van der Waals surface area contributed by atoms with E-state index in [1.807, 2.05) is 86.3 Å². The first-order chi connectivity index (χ1) is 13.8. The highest BCUT2D eigenvalue weighted by Crippen LogP contribution is 2.40. The zero-order chi connectivity index (χ0) is 21.1. The molecule has 0 spiro atoms. The smallest absolute Gasteiger partial charge is 0.224 e. The van der Waals surface area contributed by atoms with Gasteiger partial charge in [0.05, 0.1) is 11.4 Å². The van der Waals surface area contributed by atoms with Gasteiger partial charge in [0.25, 0.3) is 0 Å². The van der Waals surface area contributed by atoms with Gasteiger partial charge in [-0.25, -0.2) is 0 Å². The van der Waals surface area contributed by atoms with Crippen molar-refractivity contribution in [3.63, 3.8) is 0 Å². The maximum absolute atomic E-state index is 12.8. The number of allylic oxidation sites excluding steroid dienone is 1. The van der Waals surface area contributed by atoms with E-state index < -0.39 is 0 Å². The first-order valence-electron chi connectivity index (χ1n) is 9.44. The van der Waals surface area contributed by atoms with Crippen molar-refractivity contribution in [1.82, 2.24) is 0 Å². The number of fused-ring (bicyclic) bond motifs is 1. The maximum atomic E-state index is 12.8. The lowest BCUT2D eigenvalue weighted by molar-refractivity contribution is -0.120. The molecule has 3 rings (SSSR count). The average Bonchev–Trinajstić information content (AvgIpc) is 2.95. The molecule has 0 saturated heterocycles. The molecule has 148 valence electrons. The van der Waals surface area contributed by atoms with E-state index in [0.29, 0.717) is 5.82 Å². The number of hydrogen-bond acceptors (Lipinski definition) is 5. The zero-order valence-electron chi connectivity index (χ0n) is 17.1. The molecular weight excluding hydrogens is 364 g/mol. The van der Waals surface area contributed by atoms with Gasteiger partial charge >= 0.3 is 0 Å². The van der Waals surface area contributed by atoms with Crippen LogP contribution in [-0.4, -0.2) is 25.8 Å². The summed E-state index contributed by atoms with van der Waals surface area (Å²) in [5, 5.41) is 12.5. The number of para-hydroxylation sites is 2. The van der Waals surface area contributed by atoms with Crippen molar-refractivity contribution >= 4 is 28.8 Å². The maximum Gasteiger partial charge on any atom is 0.224 e. The Morgan fingerprint density at radius 3 is 2.17 bits per heavy atom. The van der Waals surface area contributed by atoms with Gasteiger partial charge < -0.3 is 15.1 Å². The molecule has 1 N–H and O–H groups in total. The van der Waals surface area contributed by atoms with Crippen molar-refractivity contribution in [3.8, 4) is 6.07 Å². The number of amides is 1. The summed E-state index contributed by atoms with van der Waals surface area (Å²) in [6, 6.07) is 15.5. The number of Topliss-reactive ketones (excluding diaryl/α,β-unsaturated/α-hetero) is 1. The molecule has 29 heavy (non-hydrogen) atoms. The normalized spacial score (nSPS) is 12.4. The van der Waals surface area contributed by atoms with Crippen molar-refractivity contribution < 1.29 is 9.59 Å². The Morgan fingerprint density at radius 1 is 1.00 bits per heavy atom. The number of rotatable bonds is 5. The molecule has 2 aromatic rings. The van der Waals surface area contributed by atoms with Crippen LogP contribution < -0.4 is 15.1 Å². The molecule has 0 fully saturated rings. The lowest BCUT2D eigenvalue weighted by Crippen LogP contribution is -2.26. The van der Waals surface area contributed by atoms with E-state index in [9.17, 15) is 14.9 Å². The molecule has 1 aliphatic rings. The van der Waals surface area contributed by atoms with Crippen molar-refractivity contribution in [2.45, 2.75) is 26.7 Å². The quantitative estimate of drug-likeness (QED) is 0.621. The number of ketones is 1. The van der Waals surface area contributed by atoms with Crippen molar-refractivity contribution in [2.75, 3.05) is 29.2 Å². The second kappa shape index (κ2) is 8.19. The number of nitrogens with one attached hydrogen (secondary N) is 1. The molecule has 1 heterocycles. The number of benzene rings is 2. The van der Waals surface area contributed by atoms with Gasteiger partial charge in [-0.3, -0.25) is 9.59 Å². The molecule has 0 bridgehead atoms. The molecule has 0 aliphatic carbocycles. The van der Waals surface area contributed by atoms with Crippen molar-refractivity contribution in [3.05, 3.63) is 65.0 Å². The first-order valence-corrected chi connectivity index (χ1v) is 9.44. The Balaban J connectivity index is 1.72. The Morgan fingerprint density at radius 2 is 1.62 bits per heavy atom. The number of nitrogens with zero attached hydrogens (tertiary/aromatic N) is 3. The minimum absolute atomic E-state index is 0.0188. The van der Waals surface area contributed by atoms with Gasteiger partial charge in [0.15, 0.2) is 5.78 Å². The molecular formula is C23H24N4O2. The second-order valence-corrected chi connectivity index (χ2v) is 7.21. The molecule has 1 aliphatic heterocycles. The fraction of sp³-hybridized carbons (Fsp3) is 0.261. The predicted octanol–water partition coefficient (Wildman–Crippen LogP) is 3.91. The molecule has 6 heteroatoms. The summed E-state index contributed by atoms with van der Waals surface area (Å²) in [6.07, 6.45) is -0.00779. The van der Waals surface area contributed by atoms with Crippen LogP contribution in [0.1, 0.15) is 24.0 Å². The van der Waals surface area contributed by atoms with E-state index in [0.717, 1.165) is 28.2 Å². The zero-order valence-corrected chi connectivity index (χ0v) is 17.1.